The maximum absolute atomic E-state index is 13.8. The molecule has 1 aliphatic heterocycles. The number of ether oxygens (including phenoxy) is 2. The molecule has 0 aliphatic carbocycles. The Morgan fingerprint density at radius 2 is 0.900 bits per heavy atom. The SMILES string of the molecule is CCOc1ccc(N2N=C(C(=O)c3ccccc3)N(c3ccc(OCC)cc3)N=C2C(=O)c2ccccc2)cc1. The summed E-state index contributed by atoms with van der Waals surface area (Å²) in [4.78, 5) is 27.6. The summed E-state index contributed by atoms with van der Waals surface area (Å²) in [6.45, 7) is 4.85. The van der Waals surface area contributed by atoms with E-state index in [1.54, 1.807) is 97.1 Å². The van der Waals surface area contributed by atoms with Crippen LogP contribution in [-0.2, 0) is 0 Å². The minimum Gasteiger partial charge on any atom is -0.494 e. The smallest absolute Gasteiger partial charge is 0.232 e. The van der Waals surface area contributed by atoms with Crippen molar-refractivity contribution in [3.8, 4) is 11.5 Å². The van der Waals surface area contributed by atoms with Gasteiger partial charge in [-0.3, -0.25) is 9.59 Å². The predicted octanol–water partition coefficient (Wildman–Crippen LogP) is 6.20. The lowest BCUT2D eigenvalue weighted by Gasteiger charge is -2.31. The third-order valence-corrected chi connectivity index (χ3v) is 6.05. The van der Waals surface area contributed by atoms with Crippen LogP contribution in [0.15, 0.2) is 119 Å². The van der Waals surface area contributed by atoms with E-state index in [4.69, 9.17) is 19.7 Å². The second-order valence-electron chi connectivity index (χ2n) is 8.71. The van der Waals surface area contributed by atoms with E-state index in [0.717, 1.165) is 0 Å². The van der Waals surface area contributed by atoms with Gasteiger partial charge < -0.3 is 9.47 Å². The number of nitrogens with zero attached hydrogens (tertiary/aromatic N) is 4. The first-order valence-corrected chi connectivity index (χ1v) is 13.0. The number of anilines is 2. The summed E-state index contributed by atoms with van der Waals surface area (Å²) in [7, 11) is 0. The van der Waals surface area contributed by atoms with Crippen molar-refractivity contribution in [2.75, 3.05) is 23.2 Å². The van der Waals surface area contributed by atoms with Crippen molar-refractivity contribution < 1.29 is 19.1 Å². The fourth-order valence-corrected chi connectivity index (χ4v) is 4.15. The lowest BCUT2D eigenvalue weighted by Crippen LogP contribution is -2.46. The minimum atomic E-state index is -0.347. The van der Waals surface area contributed by atoms with Crippen LogP contribution >= 0.6 is 0 Å². The molecule has 4 aromatic rings. The topological polar surface area (TPSA) is 83.8 Å². The van der Waals surface area contributed by atoms with Crippen LogP contribution in [-0.4, -0.2) is 36.5 Å². The monoisotopic (exact) mass is 532 g/mol. The van der Waals surface area contributed by atoms with Gasteiger partial charge in [0.15, 0.2) is 0 Å². The Labute approximate surface area is 232 Å². The van der Waals surface area contributed by atoms with E-state index in [1.807, 2.05) is 26.0 Å². The summed E-state index contributed by atoms with van der Waals surface area (Å²) in [5.74, 6) is 0.733. The van der Waals surface area contributed by atoms with Gasteiger partial charge in [-0.25, -0.2) is 10.0 Å². The molecule has 40 heavy (non-hydrogen) atoms. The molecule has 0 radical (unpaired) electrons. The van der Waals surface area contributed by atoms with Crippen LogP contribution in [0.1, 0.15) is 34.6 Å². The first kappa shape index (κ1) is 26.4. The number of benzene rings is 4. The highest BCUT2D eigenvalue weighted by molar-refractivity contribution is 6.54. The lowest BCUT2D eigenvalue weighted by atomic mass is 10.1. The van der Waals surface area contributed by atoms with Crippen molar-refractivity contribution in [3.63, 3.8) is 0 Å². The van der Waals surface area contributed by atoms with E-state index >= 15 is 0 Å². The largest absolute Gasteiger partial charge is 0.494 e. The molecule has 4 aromatic carbocycles. The Balaban J connectivity index is 1.65. The van der Waals surface area contributed by atoms with Gasteiger partial charge in [0.25, 0.3) is 0 Å². The summed E-state index contributed by atoms with van der Waals surface area (Å²) in [6, 6.07) is 32.0. The molecule has 200 valence electrons. The molecule has 0 aromatic heterocycles. The molecule has 5 rings (SSSR count). The molecule has 0 bridgehead atoms. The van der Waals surface area contributed by atoms with Crippen molar-refractivity contribution in [3.05, 3.63) is 120 Å². The number of Topliss-reactive ketones (excluding diaryl/α,β-unsaturated/α-hetero) is 2. The normalized spacial score (nSPS) is 12.8. The quantitative estimate of drug-likeness (QED) is 0.226. The molecular weight excluding hydrogens is 504 g/mol. The Kier molecular flexibility index (Phi) is 7.97. The van der Waals surface area contributed by atoms with Crippen molar-refractivity contribution in [2.24, 2.45) is 10.2 Å². The molecule has 0 amide bonds. The summed E-state index contributed by atoms with van der Waals surface area (Å²) < 4.78 is 11.2. The fraction of sp³-hybridized carbons (Fsp3) is 0.125. The zero-order valence-electron chi connectivity index (χ0n) is 22.2. The van der Waals surface area contributed by atoms with E-state index in [2.05, 4.69) is 0 Å². The van der Waals surface area contributed by atoms with Crippen LogP contribution in [0.25, 0.3) is 0 Å². The molecule has 1 aliphatic rings. The van der Waals surface area contributed by atoms with Gasteiger partial charge in [0.1, 0.15) is 11.5 Å². The fourth-order valence-electron chi connectivity index (χ4n) is 4.15. The number of hydrogen-bond donors (Lipinski definition) is 0. The van der Waals surface area contributed by atoms with Crippen LogP contribution < -0.4 is 19.5 Å². The van der Waals surface area contributed by atoms with Gasteiger partial charge in [-0.1, -0.05) is 60.7 Å². The maximum Gasteiger partial charge on any atom is 0.232 e. The highest BCUT2D eigenvalue weighted by atomic mass is 16.5. The third kappa shape index (κ3) is 5.61. The number of hydrogen-bond acceptors (Lipinski definition) is 8. The molecular formula is C32H28N4O4. The van der Waals surface area contributed by atoms with Gasteiger partial charge in [-0.05, 0) is 62.4 Å². The predicted molar refractivity (Wildman–Crippen MR) is 157 cm³/mol. The van der Waals surface area contributed by atoms with Crippen molar-refractivity contribution >= 4 is 34.6 Å². The van der Waals surface area contributed by atoms with E-state index < -0.39 is 0 Å². The van der Waals surface area contributed by atoms with Gasteiger partial charge in [-0.2, -0.15) is 0 Å². The number of carbonyl (C=O) groups is 2. The lowest BCUT2D eigenvalue weighted by molar-refractivity contribution is 0.105. The zero-order chi connectivity index (χ0) is 27.9. The average Bonchev–Trinajstić information content (AvgIpc) is 3.02. The summed E-state index contributed by atoms with van der Waals surface area (Å²) >= 11 is 0. The molecule has 0 saturated carbocycles. The summed E-state index contributed by atoms with van der Waals surface area (Å²) in [5.41, 5.74) is 1.99. The highest BCUT2D eigenvalue weighted by Crippen LogP contribution is 2.28. The van der Waals surface area contributed by atoms with Crippen LogP contribution in [0.5, 0.6) is 11.5 Å². The molecule has 0 saturated heterocycles. The van der Waals surface area contributed by atoms with E-state index in [1.165, 1.54) is 10.0 Å². The Hall–Kier alpha value is -5.24. The van der Waals surface area contributed by atoms with Gasteiger partial charge >= 0.3 is 0 Å². The van der Waals surface area contributed by atoms with Gasteiger partial charge in [0, 0.05) is 11.1 Å². The molecule has 0 unspecified atom stereocenters. The first-order chi connectivity index (χ1) is 19.6. The summed E-state index contributed by atoms with van der Waals surface area (Å²) in [5, 5.41) is 12.3. The number of amidine groups is 2. The van der Waals surface area contributed by atoms with Crippen molar-refractivity contribution in [1.29, 1.82) is 0 Å². The number of carbonyl (C=O) groups excluding carboxylic acids is 2. The number of ketones is 2. The first-order valence-electron chi connectivity index (χ1n) is 13.0. The standard InChI is InChI=1S/C32H28N4O4/c1-3-39-27-19-15-25(16-20-27)35-31(29(37)23-11-7-5-8-12-23)34-36(26-17-21-28(22-18-26)40-4-2)32(33-35)30(38)24-13-9-6-10-14-24/h5-22H,3-4H2,1-2H3. The molecule has 0 fully saturated rings. The summed E-state index contributed by atoms with van der Waals surface area (Å²) in [6.07, 6.45) is 0. The molecule has 1 heterocycles. The van der Waals surface area contributed by atoms with Crippen LogP contribution in [0, 0.1) is 0 Å². The second-order valence-corrected chi connectivity index (χ2v) is 8.71. The molecule has 0 spiro atoms. The van der Waals surface area contributed by atoms with Gasteiger partial charge in [0.2, 0.25) is 23.2 Å². The van der Waals surface area contributed by atoms with E-state index in [9.17, 15) is 9.59 Å². The Morgan fingerprint density at radius 3 is 1.23 bits per heavy atom. The minimum absolute atomic E-state index is 0.0360. The number of rotatable bonds is 10. The average molecular weight is 533 g/mol. The van der Waals surface area contributed by atoms with Crippen LogP contribution in [0.4, 0.5) is 11.4 Å². The third-order valence-electron chi connectivity index (χ3n) is 6.05. The molecule has 8 heteroatoms. The van der Waals surface area contributed by atoms with Gasteiger partial charge in [0.05, 0.1) is 24.6 Å². The van der Waals surface area contributed by atoms with Crippen molar-refractivity contribution in [1.82, 2.24) is 0 Å². The maximum atomic E-state index is 13.8. The molecule has 0 atom stereocenters. The van der Waals surface area contributed by atoms with Crippen molar-refractivity contribution in [2.45, 2.75) is 13.8 Å². The second kappa shape index (κ2) is 12.1. The zero-order valence-corrected chi connectivity index (χ0v) is 22.2. The Morgan fingerprint density at radius 1 is 0.550 bits per heavy atom. The highest BCUT2D eigenvalue weighted by Gasteiger charge is 2.34. The van der Waals surface area contributed by atoms with Crippen LogP contribution in [0.3, 0.4) is 0 Å². The molecule has 0 N–H and O–H groups in total. The van der Waals surface area contributed by atoms with E-state index in [-0.39, 0.29) is 23.2 Å². The van der Waals surface area contributed by atoms with E-state index in [0.29, 0.717) is 47.2 Å². The van der Waals surface area contributed by atoms with Crippen LogP contribution in [0.2, 0.25) is 0 Å². The Bertz CT molecular complexity index is 1410. The number of hydrazone groups is 2. The molecule has 8 nitrogen and oxygen atoms in total. The van der Waals surface area contributed by atoms with Gasteiger partial charge in [-0.15, -0.1) is 10.2 Å².